The van der Waals surface area contributed by atoms with Crippen LogP contribution >= 0.6 is 11.3 Å². The Labute approximate surface area is 241 Å². The first-order chi connectivity index (χ1) is 19.8. The average molecular weight is 565 g/mol. The quantitative estimate of drug-likeness (QED) is 0.174. The molecule has 2 heterocycles. The minimum absolute atomic E-state index is 0.0274. The summed E-state index contributed by atoms with van der Waals surface area (Å²) in [6.45, 7) is 3.84. The van der Waals surface area contributed by atoms with Crippen molar-refractivity contribution in [2.45, 2.75) is 39.5 Å². The minimum atomic E-state index is -1.11. The molecule has 2 amide bonds. The molecule has 0 unspecified atom stereocenters. The van der Waals surface area contributed by atoms with Crippen molar-refractivity contribution < 1.29 is 19.5 Å². The third-order valence-corrected chi connectivity index (χ3v) is 8.39. The highest BCUT2D eigenvalue weighted by Gasteiger charge is 2.28. The zero-order valence-corrected chi connectivity index (χ0v) is 23.5. The maximum absolute atomic E-state index is 13.7. The van der Waals surface area contributed by atoms with Gasteiger partial charge in [-0.15, -0.1) is 11.3 Å². The number of amides is 2. The topological polar surface area (TPSA) is 124 Å². The van der Waals surface area contributed by atoms with E-state index in [0.29, 0.717) is 11.1 Å². The number of carboxylic acid groups (broad SMARTS) is 1. The summed E-state index contributed by atoms with van der Waals surface area (Å²) in [5, 5.41) is 25.5. The Kier molecular flexibility index (Phi) is 7.86. The van der Waals surface area contributed by atoms with Gasteiger partial charge >= 0.3 is 5.97 Å². The van der Waals surface area contributed by atoms with Gasteiger partial charge in [-0.05, 0) is 93.1 Å². The van der Waals surface area contributed by atoms with Gasteiger partial charge < -0.3 is 20.3 Å². The van der Waals surface area contributed by atoms with Crippen LogP contribution in [-0.4, -0.2) is 27.5 Å². The molecule has 206 valence electrons. The number of rotatable bonds is 7. The van der Waals surface area contributed by atoms with Gasteiger partial charge in [-0.3, -0.25) is 9.59 Å². The summed E-state index contributed by atoms with van der Waals surface area (Å²) in [6, 6.07) is 19.1. The fourth-order valence-corrected chi connectivity index (χ4v) is 6.63. The lowest BCUT2D eigenvalue weighted by molar-refractivity contribution is -0.112. The van der Waals surface area contributed by atoms with E-state index in [1.807, 2.05) is 60.9 Å². The average Bonchev–Trinajstić information content (AvgIpc) is 3.47. The first-order valence-electron chi connectivity index (χ1n) is 13.2. The van der Waals surface area contributed by atoms with Crippen LogP contribution in [0.15, 0.2) is 66.2 Å². The molecular weight excluding hydrogens is 536 g/mol. The number of carboxylic acids is 1. The molecule has 2 aromatic heterocycles. The molecule has 4 aromatic rings. The number of benzene rings is 2. The monoisotopic (exact) mass is 564 g/mol. The number of aromatic nitrogens is 1. The number of carbonyl (C=O) groups excluding carboxylic acids is 2. The summed E-state index contributed by atoms with van der Waals surface area (Å²) in [5.41, 5.74) is 5.00. The lowest BCUT2D eigenvalue weighted by Crippen LogP contribution is -2.17. The van der Waals surface area contributed by atoms with Crippen molar-refractivity contribution in [3.63, 3.8) is 0 Å². The maximum Gasteiger partial charge on any atom is 0.335 e. The van der Waals surface area contributed by atoms with Crippen molar-refractivity contribution in [1.82, 2.24) is 4.57 Å². The van der Waals surface area contributed by atoms with Gasteiger partial charge in [0, 0.05) is 27.6 Å². The predicted octanol–water partition coefficient (Wildman–Crippen LogP) is 6.53. The van der Waals surface area contributed by atoms with Gasteiger partial charge in [0.1, 0.15) is 16.6 Å². The molecule has 5 rings (SSSR count). The van der Waals surface area contributed by atoms with Crippen LogP contribution < -0.4 is 10.6 Å². The number of hydrogen-bond donors (Lipinski definition) is 3. The van der Waals surface area contributed by atoms with E-state index >= 15 is 0 Å². The van der Waals surface area contributed by atoms with Gasteiger partial charge in [-0.1, -0.05) is 24.3 Å². The van der Waals surface area contributed by atoms with Crippen molar-refractivity contribution in [2.75, 3.05) is 10.6 Å². The van der Waals surface area contributed by atoms with Crippen LogP contribution in [0.3, 0.4) is 0 Å². The van der Waals surface area contributed by atoms with Crippen LogP contribution in [0.4, 0.5) is 11.4 Å². The third kappa shape index (κ3) is 5.69. The second-order valence-corrected chi connectivity index (χ2v) is 11.0. The minimum Gasteiger partial charge on any atom is -0.478 e. The van der Waals surface area contributed by atoms with Gasteiger partial charge in [0.25, 0.3) is 11.8 Å². The van der Waals surface area contributed by atoms with Crippen molar-refractivity contribution in [1.29, 1.82) is 5.26 Å². The summed E-state index contributed by atoms with van der Waals surface area (Å²) >= 11 is 1.62. The Balaban J connectivity index is 1.51. The molecular formula is C32H28N4O4S. The molecule has 8 nitrogen and oxygen atoms in total. The van der Waals surface area contributed by atoms with Crippen LogP contribution in [-0.2, 0) is 17.6 Å². The van der Waals surface area contributed by atoms with Crippen molar-refractivity contribution in [3.8, 4) is 11.1 Å². The summed E-state index contributed by atoms with van der Waals surface area (Å²) < 4.78 is 2.03. The lowest BCUT2D eigenvalue weighted by Gasteiger charge is -2.14. The Morgan fingerprint density at radius 1 is 0.976 bits per heavy atom. The molecule has 1 aliphatic carbocycles. The van der Waals surface area contributed by atoms with Crippen LogP contribution in [0.5, 0.6) is 0 Å². The molecule has 2 aromatic carbocycles. The van der Waals surface area contributed by atoms with E-state index in [9.17, 15) is 24.8 Å². The number of aryl methyl sites for hydroxylation is 2. The molecule has 0 aliphatic heterocycles. The predicted molar refractivity (Wildman–Crippen MR) is 160 cm³/mol. The van der Waals surface area contributed by atoms with Crippen molar-refractivity contribution in [3.05, 3.63) is 105 Å². The largest absolute Gasteiger partial charge is 0.478 e. The molecule has 0 fully saturated rings. The Morgan fingerprint density at radius 2 is 1.71 bits per heavy atom. The number of nitrogens with zero attached hydrogens (tertiary/aromatic N) is 2. The Morgan fingerprint density at radius 3 is 2.44 bits per heavy atom. The van der Waals surface area contributed by atoms with E-state index in [0.717, 1.165) is 53.3 Å². The molecule has 1 aliphatic rings. The number of hydrogen-bond acceptors (Lipinski definition) is 5. The normalized spacial score (nSPS) is 12.8. The number of fused-ring (bicyclic) bond motifs is 1. The first-order valence-corrected chi connectivity index (χ1v) is 14.0. The van der Waals surface area contributed by atoms with Gasteiger partial charge in [0.2, 0.25) is 0 Å². The zero-order valence-electron chi connectivity index (χ0n) is 22.7. The number of anilines is 2. The van der Waals surface area contributed by atoms with Gasteiger partial charge in [-0.2, -0.15) is 5.26 Å². The summed E-state index contributed by atoms with van der Waals surface area (Å²) in [7, 11) is 0. The summed E-state index contributed by atoms with van der Waals surface area (Å²) in [6.07, 6.45) is 5.41. The van der Waals surface area contributed by atoms with E-state index in [1.165, 1.54) is 29.2 Å². The lowest BCUT2D eigenvalue weighted by atomic mass is 9.95. The highest BCUT2D eigenvalue weighted by Crippen LogP contribution is 2.39. The second kappa shape index (κ2) is 11.7. The van der Waals surface area contributed by atoms with E-state index in [2.05, 4.69) is 10.6 Å². The molecule has 0 saturated heterocycles. The Bertz CT molecular complexity index is 1740. The Hall–Kier alpha value is -4.94. The number of nitrogens with one attached hydrogen (secondary N) is 2. The van der Waals surface area contributed by atoms with Crippen molar-refractivity contribution >= 4 is 46.6 Å². The highest BCUT2D eigenvalue weighted by molar-refractivity contribution is 7.15. The molecule has 0 radical (unpaired) electrons. The molecule has 0 spiro atoms. The molecule has 3 N–H and O–H groups in total. The third-order valence-electron chi connectivity index (χ3n) is 7.12. The number of para-hydroxylation sites is 1. The van der Waals surface area contributed by atoms with Crippen LogP contribution in [0.1, 0.15) is 60.9 Å². The van der Waals surface area contributed by atoms with Crippen molar-refractivity contribution in [2.24, 2.45) is 0 Å². The molecule has 41 heavy (non-hydrogen) atoms. The first kappa shape index (κ1) is 27.6. The van der Waals surface area contributed by atoms with Crippen LogP contribution in [0.2, 0.25) is 0 Å². The molecule has 0 saturated carbocycles. The van der Waals surface area contributed by atoms with E-state index in [4.69, 9.17) is 0 Å². The van der Waals surface area contributed by atoms with E-state index in [1.54, 1.807) is 17.4 Å². The fraction of sp³-hybridized carbons (Fsp3) is 0.188. The van der Waals surface area contributed by atoms with Gasteiger partial charge in [0.05, 0.1) is 11.1 Å². The zero-order chi connectivity index (χ0) is 29.1. The number of carbonyl (C=O) groups is 3. The molecule has 0 atom stereocenters. The fourth-order valence-electron chi connectivity index (χ4n) is 5.14. The molecule has 9 heteroatoms. The smallest absolute Gasteiger partial charge is 0.335 e. The highest BCUT2D eigenvalue weighted by atomic mass is 32.1. The van der Waals surface area contributed by atoms with Crippen LogP contribution in [0.25, 0.3) is 11.1 Å². The SMILES string of the molecule is Cc1cc(/C=C(/C#N)C(=O)Nc2cccc(C(=O)O)c2)c(C)n1-c1sc2c(c1C(=O)Nc1ccccc1)CCCC2. The molecule has 0 bridgehead atoms. The number of thiophene rings is 1. The van der Waals surface area contributed by atoms with E-state index in [-0.39, 0.29) is 22.7 Å². The summed E-state index contributed by atoms with van der Waals surface area (Å²) in [4.78, 5) is 39.1. The number of nitriles is 1. The standard InChI is InChI=1S/C32H28N4O4S/c1-19-15-22(16-23(18-33)29(37)35-25-12-8-9-21(17-25)32(39)40)20(2)36(19)31-28(26-13-6-7-14-27(26)41-31)30(38)34-24-10-4-3-5-11-24/h3-5,8-12,15-17H,6-7,13-14H2,1-2H3,(H,34,38)(H,35,37)(H,39,40)/b23-16-. The summed E-state index contributed by atoms with van der Waals surface area (Å²) in [5.74, 6) is -1.91. The van der Waals surface area contributed by atoms with Crippen LogP contribution in [0, 0.1) is 25.2 Å². The van der Waals surface area contributed by atoms with E-state index < -0.39 is 11.9 Å². The second-order valence-electron chi connectivity index (χ2n) is 9.88. The van der Waals surface area contributed by atoms with Gasteiger partial charge in [-0.25, -0.2) is 4.79 Å². The van der Waals surface area contributed by atoms with Gasteiger partial charge in [0.15, 0.2) is 0 Å². The number of aromatic carboxylic acids is 1. The maximum atomic E-state index is 13.7.